The highest BCUT2D eigenvalue weighted by Gasteiger charge is 2.16. The summed E-state index contributed by atoms with van der Waals surface area (Å²) in [6.45, 7) is 1.93. The largest absolute Gasteiger partial charge is 0.358 e. The summed E-state index contributed by atoms with van der Waals surface area (Å²) < 4.78 is 0. The first kappa shape index (κ1) is 15.3. The maximum atomic E-state index is 12.7. The Morgan fingerprint density at radius 1 is 1.17 bits per heavy atom. The number of aryl methyl sites for hydroxylation is 1. The Morgan fingerprint density at radius 2 is 2.00 bits per heavy atom. The van der Waals surface area contributed by atoms with Crippen molar-refractivity contribution in [2.45, 2.75) is 12.1 Å². The molecule has 2 N–H and O–H groups in total. The van der Waals surface area contributed by atoms with Crippen molar-refractivity contribution in [3.05, 3.63) is 58.7 Å². The topological polar surface area (TPSA) is 61.5 Å². The van der Waals surface area contributed by atoms with Crippen molar-refractivity contribution >= 4 is 51.1 Å². The van der Waals surface area contributed by atoms with Gasteiger partial charge in [0.05, 0.1) is 16.8 Å². The normalized spacial score (nSPS) is 11.4. The molecule has 4 aromatic rings. The van der Waals surface area contributed by atoms with Gasteiger partial charge in [0, 0.05) is 27.2 Å². The molecule has 0 aliphatic carbocycles. The molecule has 2 aromatic heterocycles. The predicted octanol–water partition coefficient (Wildman–Crippen LogP) is 4.98. The van der Waals surface area contributed by atoms with Gasteiger partial charge < -0.3 is 9.97 Å². The molecule has 0 atom stereocenters. The van der Waals surface area contributed by atoms with Crippen LogP contribution >= 0.6 is 23.4 Å². The monoisotopic (exact) mass is 355 g/mol. The molecule has 0 saturated carbocycles. The number of aromatic amines is 2. The van der Waals surface area contributed by atoms with Crippen LogP contribution < -0.4 is 0 Å². The molecule has 0 aliphatic heterocycles. The molecule has 2 aromatic carbocycles. The van der Waals surface area contributed by atoms with Crippen molar-refractivity contribution in [2.75, 3.05) is 5.75 Å². The van der Waals surface area contributed by atoms with Gasteiger partial charge in [-0.25, -0.2) is 4.98 Å². The number of carbonyl (C=O) groups is 1. The van der Waals surface area contributed by atoms with Crippen LogP contribution in [0.4, 0.5) is 0 Å². The van der Waals surface area contributed by atoms with Crippen molar-refractivity contribution in [1.29, 1.82) is 0 Å². The van der Waals surface area contributed by atoms with E-state index in [9.17, 15) is 4.79 Å². The lowest BCUT2D eigenvalue weighted by Crippen LogP contribution is -2.03. The first-order chi connectivity index (χ1) is 11.6. The summed E-state index contributed by atoms with van der Waals surface area (Å²) in [6.07, 6.45) is 0. The van der Waals surface area contributed by atoms with E-state index in [0.29, 0.717) is 10.8 Å². The number of para-hydroxylation sites is 1. The number of benzene rings is 2. The molecule has 0 fully saturated rings. The Hall–Kier alpha value is -2.24. The first-order valence-corrected chi connectivity index (χ1v) is 8.87. The number of nitrogens with one attached hydrogen (secondary N) is 2. The fourth-order valence-corrected chi connectivity index (χ4v) is 3.80. The molecule has 0 spiro atoms. The average Bonchev–Trinajstić information content (AvgIpc) is 3.11. The molecule has 0 unspecified atom stereocenters. The van der Waals surface area contributed by atoms with Gasteiger partial charge in [-0.15, -0.1) is 0 Å². The van der Waals surface area contributed by atoms with Gasteiger partial charge in [-0.05, 0) is 31.2 Å². The quantitative estimate of drug-likeness (QED) is 0.401. The zero-order valence-electron chi connectivity index (χ0n) is 12.9. The van der Waals surface area contributed by atoms with Crippen molar-refractivity contribution < 1.29 is 4.79 Å². The fourth-order valence-electron chi connectivity index (χ4n) is 2.87. The van der Waals surface area contributed by atoms with Gasteiger partial charge in [-0.1, -0.05) is 41.6 Å². The van der Waals surface area contributed by atoms with E-state index < -0.39 is 0 Å². The number of fused-ring (bicyclic) bond motifs is 2. The van der Waals surface area contributed by atoms with Crippen LogP contribution in [0.15, 0.2) is 47.6 Å². The molecule has 4 nitrogen and oxygen atoms in total. The molecule has 0 bridgehead atoms. The summed E-state index contributed by atoms with van der Waals surface area (Å²) in [6, 6.07) is 13.4. The summed E-state index contributed by atoms with van der Waals surface area (Å²) in [7, 11) is 0. The van der Waals surface area contributed by atoms with Crippen molar-refractivity contribution in [3.63, 3.8) is 0 Å². The number of thioether (sulfide) groups is 1. The summed E-state index contributed by atoms with van der Waals surface area (Å²) in [5.41, 5.74) is 4.37. The van der Waals surface area contributed by atoms with Crippen LogP contribution in [0.3, 0.4) is 0 Å². The molecule has 0 radical (unpaired) electrons. The van der Waals surface area contributed by atoms with Gasteiger partial charge in [0.15, 0.2) is 10.9 Å². The Morgan fingerprint density at radius 3 is 2.88 bits per heavy atom. The molecule has 0 amide bonds. The molecule has 0 aliphatic rings. The predicted molar refractivity (Wildman–Crippen MR) is 99.2 cm³/mol. The zero-order valence-corrected chi connectivity index (χ0v) is 14.5. The Bertz CT molecular complexity index is 1070. The van der Waals surface area contributed by atoms with Crippen LogP contribution in [0, 0.1) is 6.92 Å². The molecule has 2 heterocycles. The van der Waals surface area contributed by atoms with Gasteiger partial charge in [0.25, 0.3) is 0 Å². The SMILES string of the molecule is Cc1[nH]c2ccccc2c1C(=O)CSc1nc2ccc(Cl)cc2[nH]1. The van der Waals surface area contributed by atoms with Crippen LogP contribution in [0.2, 0.25) is 5.02 Å². The van der Waals surface area contributed by atoms with Crippen LogP contribution in [-0.2, 0) is 0 Å². The summed E-state index contributed by atoms with van der Waals surface area (Å²) in [5, 5.41) is 2.35. The van der Waals surface area contributed by atoms with E-state index in [1.54, 1.807) is 6.07 Å². The number of carbonyl (C=O) groups excluding carboxylic acids is 1. The number of H-pyrrole nitrogens is 2. The van der Waals surface area contributed by atoms with Crippen LogP contribution in [-0.4, -0.2) is 26.5 Å². The number of Topliss-reactive ketones (excluding diaryl/α,β-unsaturated/α-hetero) is 1. The number of hydrogen-bond donors (Lipinski definition) is 2. The third kappa shape index (κ3) is 2.70. The van der Waals surface area contributed by atoms with Gasteiger partial charge in [-0.3, -0.25) is 4.79 Å². The second-order valence-corrected chi connectivity index (χ2v) is 6.99. The number of ketones is 1. The van der Waals surface area contributed by atoms with E-state index in [-0.39, 0.29) is 5.78 Å². The van der Waals surface area contributed by atoms with Gasteiger partial charge in [-0.2, -0.15) is 0 Å². The fraction of sp³-hybridized carbons (Fsp3) is 0.111. The number of halogens is 1. The van der Waals surface area contributed by atoms with Crippen molar-refractivity contribution in [1.82, 2.24) is 15.0 Å². The minimum absolute atomic E-state index is 0.0911. The Kier molecular flexibility index (Phi) is 3.82. The Labute approximate surface area is 147 Å². The second-order valence-electron chi connectivity index (χ2n) is 5.59. The van der Waals surface area contributed by atoms with Crippen LogP contribution in [0.1, 0.15) is 16.1 Å². The maximum absolute atomic E-state index is 12.7. The van der Waals surface area contributed by atoms with E-state index >= 15 is 0 Å². The van der Waals surface area contributed by atoms with E-state index in [2.05, 4.69) is 15.0 Å². The molecule has 4 rings (SSSR count). The number of nitrogens with zero attached hydrogens (tertiary/aromatic N) is 1. The molecule has 6 heteroatoms. The lowest BCUT2D eigenvalue weighted by molar-refractivity contribution is 0.102. The van der Waals surface area contributed by atoms with E-state index in [1.165, 1.54) is 11.8 Å². The minimum Gasteiger partial charge on any atom is -0.358 e. The lowest BCUT2D eigenvalue weighted by Gasteiger charge is -2.00. The van der Waals surface area contributed by atoms with Crippen LogP contribution in [0.25, 0.3) is 21.9 Å². The highest BCUT2D eigenvalue weighted by atomic mass is 35.5. The third-order valence-corrected chi connectivity index (χ3v) is 5.04. The van der Waals surface area contributed by atoms with Gasteiger partial charge in [0.2, 0.25) is 0 Å². The highest BCUT2D eigenvalue weighted by Crippen LogP contribution is 2.26. The van der Waals surface area contributed by atoms with Crippen molar-refractivity contribution in [3.8, 4) is 0 Å². The second kappa shape index (κ2) is 6.00. The summed E-state index contributed by atoms with van der Waals surface area (Å²) in [5.74, 6) is 0.421. The minimum atomic E-state index is 0.0911. The molecular weight excluding hydrogens is 342 g/mol. The Balaban J connectivity index is 1.58. The van der Waals surface area contributed by atoms with Gasteiger partial charge >= 0.3 is 0 Å². The molecule has 24 heavy (non-hydrogen) atoms. The standard InChI is InChI=1S/C18H14ClN3OS/c1-10-17(12-4-2-3-5-13(12)20-10)16(23)9-24-18-21-14-7-6-11(19)8-15(14)22-18/h2-8,20H,9H2,1H3,(H,21,22). The van der Waals surface area contributed by atoms with Crippen molar-refractivity contribution in [2.24, 2.45) is 0 Å². The maximum Gasteiger partial charge on any atom is 0.175 e. The summed E-state index contributed by atoms with van der Waals surface area (Å²) >= 11 is 7.39. The highest BCUT2D eigenvalue weighted by molar-refractivity contribution is 7.99. The lowest BCUT2D eigenvalue weighted by atomic mass is 10.1. The van der Waals surface area contributed by atoms with E-state index in [4.69, 9.17) is 11.6 Å². The molecular formula is C18H14ClN3OS. The zero-order chi connectivity index (χ0) is 16.7. The van der Waals surface area contributed by atoms with Crippen LogP contribution in [0.5, 0.6) is 0 Å². The number of aromatic nitrogens is 3. The molecule has 0 saturated heterocycles. The third-order valence-electron chi connectivity index (χ3n) is 3.93. The summed E-state index contributed by atoms with van der Waals surface area (Å²) in [4.78, 5) is 23.6. The van der Waals surface area contributed by atoms with E-state index in [1.807, 2.05) is 43.3 Å². The van der Waals surface area contributed by atoms with Gasteiger partial charge in [0.1, 0.15) is 0 Å². The van der Waals surface area contributed by atoms with E-state index in [0.717, 1.165) is 38.4 Å². The number of rotatable bonds is 4. The molecule has 120 valence electrons. The number of hydrogen-bond acceptors (Lipinski definition) is 3. The average molecular weight is 356 g/mol. The number of imidazole rings is 1. The first-order valence-electron chi connectivity index (χ1n) is 7.50. The smallest absolute Gasteiger partial charge is 0.175 e.